The van der Waals surface area contributed by atoms with Gasteiger partial charge in [0.05, 0.1) is 17.6 Å². The Hall–Kier alpha value is -3.42. The minimum atomic E-state index is -0.756. The van der Waals surface area contributed by atoms with E-state index in [0.717, 1.165) is 24.9 Å². The molecule has 0 aromatic heterocycles. The number of hydrogen-bond donors (Lipinski definition) is 1. The van der Waals surface area contributed by atoms with Crippen molar-refractivity contribution < 1.29 is 19.2 Å². The smallest absolute Gasteiger partial charge is 0.338 e. The highest BCUT2D eigenvalue weighted by atomic mass is 16.6. The summed E-state index contributed by atoms with van der Waals surface area (Å²) in [6, 6.07) is 10.5. The first-order valence-electron chi connectivity index (χ1n) is 7.28. The average molecular weight is 343 g/mol. The zero-order valence-electron chi connectivity index (χ0n) is 14.0. The zero-order chi connectivity index (χ0) is 18.6. The number of ether oxygens (including phenoxy) is 1. The summed E-state index contributed by atoms with van der Waals surface area (Å²) in [5.41, 5.74) is 1.05. The van der Waals surface area contributed by atoms with Crippen LogP contribution in [-0.2, 0) is 4.74 Å². The molecule has 130 valence electrons. The van der Waals surface area contributed by atoms with E-state index < -0.39 is 16.8 Å². The Balaban J connectivity index is 2.29. The third-order valence-corrected chi connectivity index (χ3v) is 3.45. The zero-order valence-corrected chi connectivity index (χ0v) is 14.0. The number of methoxy groups -OCH3 is 1. The fourth-order valence-corrected chi connectivity index (χ4v) is 2.13. The molecule has 0 saturated carbocycles. The van der Waals surface area contributed by atoms with Crippen LogP contribution in [0.1, 0.15) is 20.7 Å². The van der Waals surface area contributed by atoms with Crippen LogP contribution in [0.25, 0.3) is 0 Å². The summed E-state index contributed by atoms with van der Waals surface area (Å²) in [6.45, 7) is 0. The van der Waals surface area contributed by atoms with Gasteiger partial charge < -0.3 is 15.0 Å². The number of benzene rings is 2. The normalized spacial score (nSPS) is 10.0. The standard InChI is InChI=1S/C17H17N3O5/c1-19(2)14-6-4-13(5-7-14)18-16(21)11-8-12(17(22)25-3)10-15(9-11)20(23)24/h4-10H,1-3H3,(H,18,21). The van der Waals surface area contributed by atoms with Gasteiger partial charge in [0.1, 0.15) is 0 Å². The molecule has 0 aliphatic carbocycles. The molecule has 1 N–H and O–H groups in total. The molecular weight excluding hydrogens is 326 g/mol. The van der Waals surface area contributed by atoms with Crippen molar-refractivity contribution in [2.75, 3.05) is 31.4 Å². The van der Waals surface area contributed by atoms with Crippen molar-refractivity contribution in [1.29, 1.82) is 0 Å². The summed E-state index contributed by atoms with van der Waals surface area (Å²) in [7, 11) is 4.95. The number of esters is 1. The van der Waals surface area contributed by atoms with Crippen LogP contribution < -0.4 is 10.2 Å². The van der Waals surface area contributed by atoms with Gasteiger partial charge in [-0.3, -0.25) is 14.9 Å². The second kappa shape index (κ2) is 7.43. The Kier molecular flexibility index (Phi) is 5.33. The molecule has 2 rings (SSSR count). The number of nitro groups is 1. The number of amides is 1. The van der Waals surface area contributed by atoms with Gasteiger partial charge >= 0.3 is 5.97 Å². The first-order chi connectivity index (χ1) is 11.8. The van der Waals surface area contributed by atoms with Gasteiger partial charge in [0.15, 0.2) is 0 Å². The van der Waals surface area contributed by atoms with Gasteiger partial charge in [-0.1, -0.05) is 0 Å². The average Bonchev–Trinajstić information content (AvgIpc) is 2.60. The lowest BCUT2D eigenvalue weighted by molar-refractivity contribution is -0.384. The number of carbonyl (C=O) groups is 2. The van der Waals surface area contributed by atoms with E-state index in [4.69, 9.17) is 0 Å². The maximum Gasteiger partial charge on any atom is 0.338 e. The molecule has 0 bridgehead atoms. The van der Waals surface area contributed by atoms with E-state index in [9.17, 15) is 19.7 Å². The molecule has 0 aliphatic heterocycles. The SMILES string of the molecule is COC(=O)c1cc(C(=O)Nc2ccc(N(C)C)cc2)cc([N+](=O)[O-])c1. The highest BCUT2D eigenvalue weighted by molar-refractivity contribution is 6.06. The lowest BCUT2D eigenvalue weighted by Crippen LogP contribution is -2.14. The topological polar surface area (TPSA) is 102 Å². The van der Waals surface area contributed by atoms with Crippen LogP contribution in [0.5, 0.6) is 0 Å². The molecule has 1 amide bonds. The molecule has 0 spiro atoms. The summed E-state index contributed by atoms with van der Waals surface area (Å²) < 4.78 is 4.56. The second-order valence-corrected chi connectivity index (χ2v) is 5.41. The van der Waals surface area contributed by atoms with Gasteiger partial charge in [-0.05, 0) is 30.3 Å². The van der Waals surface area contributed by atoms with Gasteiger partial charge in [-0.25, -0.2) is 4.79 Å². The molecule has 0 aliphatic rings. The van der Waals surface area contributed by atoms with Crippen molar-refractivity contribution in [2.24, 2.45) is 0 Å². The quantitative estimate of drug-likeness (QED) is 0.509. The van der Waals surface area contributed by atoms with Crippen LogP contribution in [0.15, 0.2) is 42.5 Å². The maximum absolute atomic E-state index is 12.4. The molecule has 0 radical (unpaired) electrons. The van der Waals surface area contributed by atoms with Crippen LogP contribution in [0.4, 0.5) is 17.1 Å². The molecule has 8 nitrogen and oxygen atoms in total. The minimum absolute atomic E-state index is 0.00807. The molecule has 0 saturated heterocycles. The number of nitrogens with one attached hydrogen (secondary N) is 1. The number of nitro benzene ring substituents is 1. The molecule has 0 heterocycles. The molecule has 8 heteroatoms. The van der Waals surface area contributed by atoms with Crippen LogP contribution in [0.3, 0.4) is 0 Å². The summed E-state index contributed by atoms with van der Waals surface area (Å²) >= 11 is 0. The summed E-state index contributed by atoms with van der Waals surface area (Å²) in [6.07, 6.45) is 0. The maximum atomic E-state index is 12.4. The highest BCUT2D eigenvalue weighted by Gasteiger charge is 2.18. The lowest BCUT2D eigenvalue weighted by Gasteiger charge is -2.13. The summed E-state index contributed by atoms with van der Waals surface area (Å²) in [4.78, 5) is 36.3. The third-order valence-electron chi connectivity index (χ3n) is 3.45. The van der Waals surface area contributed by atoms with Crippen molar-refractivity contribution in [3.63, 3.8) is 0 Å². The molecular formula is C17H17N3O5. The molecule has 0 fully saturated rings. The monoisotopic (exact) mass is 343 g/mol. The summed E-state index contributed by atoms with van der Waals surface area (Å²) in [5.74, 6) is -1.32. The largest absolute Gasteiger partial charge is 0.465 e. The number of anilines is 2. The number of nitrogens with zero attached hydrogens (tertiary/aromatic N) is 2. The van der Waals surface area contributed by atoms with Crippen LogP contribution in [0.2, 0.25) is 0 Å². The van der Waals surface area contributed by atoms with Crippen LogP contribution in [-0.4, -0.2) is 38.0 Å². The van der Waals surface area contributed by atoms with E-state index in [2.05, 4.69) is 10.1 Å². The Bertz CT molecular complexity index is 816. The fourth-order valence-electron chi connectivity index (χ4n) is 2.13. The van der Waals surface area contributed by atoms with Crippen LogP contribution in [0, 0.1) is 10.1 Å². The van der Waals surface area contributed by atoms with Gasteiger partial charge in [0.25, 0.3) is 11.6 Å². The first kappa shape index (κ1) is 17.9. The summed E-state index contributed by atoms with van der Waals surface area (Å²) in [5, 5.41) is 13.7. The van der Waals surface area contributed by atoms with E-state index in [1.54, 1.807) is 12.1 Å². The van der Waals surface area contributed by atoms with E-state index >= 15 is 0 Å². The van der Waals surface area contributed by atoms with Gasteiger partial charge in [0.2, 0.25) is 0 Å². The van der Waals surface area contributed by atoms with E-state index in [-0.39, 0.29) is 16.8 Å². The van der Waals surface area contributed by atoms with E-state index in [1.807, 2.05) is 31.1 Å². The predicted molar refractivity (Wildman–Crippen MR) is 93.2 cm³/mol. The lowest BCUT2D eigenvalue weighted by atomic mass is 10.1. The van der Waals surface area contributed by atoms with Crippen molar-refractivity contribution in [1.82, 2.24) is 0 Å². The van der Waals surface area contributed by atoms with Crippen molar-refractivity contribution in [2.45, 2.75) is 0 Å². The van der Waals surface area contributed by atoms with Crippen molar-refractivity contribution in [3.05, 3.63) is 63.7 Å². The Morgan fingerprint density at radius 1 is 1.08 bits per heavy atom. The van der Waals surface area contributed by atoms with Crippen LogP contribution >= 0.6 is 0 Å². The van der Waals surface area contributed by atoms with Crippen molar-refractivity contribution in [3.8, 4) is 0 Å². The van der Waals surface area contributed by atoms with Gasteiger partial charge in [-0.2, -0.15) is 0 Å². The molecule has 0 atom stereocenters. The second-order valence-electron chi connectivity index (χ2n) is 5.41. The third kappa shape index (κ3) is 4.31. The Morgan fingerprint density at radius 3 is 2.20 bits per heavy atom. The minimum Gasteiger partial charge on any atom is -0.465 e. The van der Waals surface area contributed by atoms with E-state index in [1.165, 1.54) is 6.07 Å². The predicted octanol–water partition coefficient (Wildman–Crippen LogP) is 2.70. The Morgan fingerprint density at radius 2 is 1.68 bits per heavy atom. The fraction of sp³-hybridized carbons (Fsp3) is 0.176. The first-order valence-corrected chi connectivity index (χ1v) is 7.28. The molecule has 25 heavy (non-hydrogen) atoms. The number of rotatable bonds is 5. The number of carbonyl (C=O) groups excluding carboxylic acids is 2. The Labute approximate surface area is 144 Å². The van der Waals surface area contributed by atoms with Gasteiger partial charge in [-0.15, -0.1) is 0 Å². The highest BCUT2D eigenvalue weighted by Crippen LogP contribution is 2.20. The number of hydrogen-bond acceptors (Lipinski definition) is 6. The molecule has 2 aromatic carbocycles. The van der Waals surface area contributed by atoms with Crippen molar-refractivity contribution >= 4 is 28.9 Å². The van der Waals surface area contributed by atoms with Gasteiger partial charge in [0, 0.05) is 43.2 Å². The number of non-ortho nitro benzene ring substituents is 1. The molecule has 0 unspecified atom stereocenters. The van der Waals surface area contributed by atoms with E-state index in [0.29, 0.717) is 5.69 Å². The molecule has 2 aromatic rings.